The SMILES string of the molecule is CC(C)(C)OC(=O)c1ccc(Cn2cc(C=O)cn2)cc1. The van der Waals surface area contributed by atoms with Crippen LogP contribution in [0.15, 0.2) is 36.7 Å². The van der Waals surface area contributed by atoms with Crippen molar-refractivity contribution in [3.05, 3.63) is 53.3 Å². The Bertz CT molecular complexity index is 636. The normalized spacial score (nSPS) is 11.2. The molecule has 2 rings (SSSR count). The summed E-state index contributed by atoms with van der Waals surface area (Å²) >= 11 is 0. The molecule has 110 valence electrons. The summed E-state index contributed by atoms with van der Waals surface area (Å²) in [6.07, 6.45) is 3.95. The summed E-state index contributed by atoms with van der Waals surface area (Å²) in [6.45, 7) is 6.05. The molecule has 0 unspecified atom stereocenters. The zero-order valence-corrected chi connectivity index (χ0v) is 12.4. The van der Waals surface area contributed by atoms with Crippen LogP contribution in [-0.4, -0.2) is 27.6 Å². The van der Waals surface area contributed by atoms with Crippen LogP contribution in [0.2, 0.25) is 0 Å². The van der Waals surface area contributed by atoms with Gasteiger partial charge in [0.15, 0.2) is 6.29 Å². The maximum Gasteiger partial charge on any atom is 0.338 e. The molecule has 0 bridgehead atoms. The molecule has 0 aliphatic carbocycles. The van der Waals surface area contributed by atoms with Crippen LogP contribution in [0.4, 0.5) is 0 Å². The van der Waals surface area contributed by atoms with Gasteiger partial charge in [-0.15, -0.1) is 0 Å². The van der Waals surface area contributed by atoms with E-state index >= 15 is 0 Å². The lowest BCUT2D eigenvalue weighted by Crippen LogP contribution is -2.23. The van der Waals surface area contributed by atoms with Gasteiger partial charge in [-0.05, 0) is 38.5 Å². The highest BCUT2D eigenvalue weighted by molar-refractivity contribution is 5.89. The Labute approximate surface area is 123 Å². The fourth-order valence-electron chi connectivity index (χ4n) is 1.80. The molecule has 21 heavy (non-hydrogen) atoms. The van der Waals surface area contributed by atoms with Crippen LogP contribution >= 0.6 is 0 Å². The second kappa shape index (κ2) is 5.91. The molecule has 0 fully saturated rings. The van der Waals surface area contributed by atoms with Gasteiger partial charge < -0.3 is 4.74 Å². The summed E-state index contributed by atoms with van der Waals surface area (Å²) in [6, 6.07) is 7.16. The van der Waals surface area contributed by atoms with Crippen LogP contribution in [0.1, 0.15) is 47.1 Å². The molecular weight excluding hydrogens is 268 g/mol. The second-order valence-electron chi connectivity index (χ2n) is 5.79. The fourth-order valence-corrected chi connectivity index (χ4v) is 1.80. The molecule has 0 spiro atoms. The van der Waals surface area contributed by atoms with Gasteiger partial charge in [0.25, 0.3) is 0 Å². The van der Waals surface area contributed by atoms with E-state index in [1.54, 1.807) is 23.0 Å². The van der Waals surface area contributed by atoms with Gasteiger partial charge in [0, 0.05) is 6.20 Å². The number of ether oxygens (including phenoxy) is 1. The van der Waals surface area contributed by atoms with Crippen molar-refractivity contribution in [2.75, 3.05) is 0 Å². The fraction of sp³-hybridized carbons (Fsp3) is 0.312. The smallest absolute Gasteiger partial charge is 0.338 e. The Morgan fingerprint density at radius 2 is 1.95 bits per heavy atom. The van der Waals surface area contributed by atoms with Crippen molar-refractivity contribution in [2.45, 2.75) is 32.9 Å². The highest BCUT2D eigenvalue weighted by Crippen LogP contribution is 2.13. The average molecular weight is 286 g/mol. The van der Waals surface area contributed by atoms with Gasteiger partial charge in [-0.3, -0.25) is 9.48 Å². The van der Waals surface area contributed by atoms with Gasteiger partial charge in [0.1, 0.15) is 5.60 Å². The van der Waals surface area contributed by atoms with Crippen LogP contribution in [0, 0.1) is 0 Å². The maximum atomic E-state index is 11.9. The van der Waals surface area contributed by atoms with Crippen molar-refractivity contribution in [1.82, 2.24) is 9.78 Å². The van der Waals surface area contributed by atoms with Gasteiger partial charge in [-0.2, -0.15) is 5.10 Å². The minimum Gasteiger partial charge on any atom is -0.456 e. The summed E-state index contributed by atoms with van der Waals surface area (Å²) in [5.74, 6) is -0.337. The summed E-state index contributed by atoms with van der Waals surface area (Å²) in [4.78, 5) is 22.5. The molecule has 0 saturated carbocycles. The predicted octanol–water partition coefficient (Wildman–Crippen LogP) is 2.70. The molecule has 0 radical (unpaired) electrons. The zero-order valence-electron chi connectivity index (χ0n) is 12.4. The summed E-state index contributed by atoms with van der Waals surface area (Å²) in [5.41, 5.74) is 1.54. The lowest BCUT2D eigenvalue weighted by Gasteiger charge is -2.19. The molecule has 5 heteroatoms. The molecule has 1 aromatic heterocycles. The lowest BCUT2D eigenvalue weighted by molar-refractivity contribution is 0.00694. The summed E-state index contributed by atoms with van der Waals surface area (Å²) < 4.78 is 6.98. The third-order valence-corrected chi connectivity index (χ3v) is 2.72. The van der Waals surface area contributed by atoms with Gasteiger partial charge in [0.2, 0.25) is 0 Å². The number of esters is 1. The molecule has 0 atom stereocenters. The molecule has 0 N–H and O–H groups in total. The second-order valence-corrected chi connectivity index (χ2v) is 5.79. The van der Waals surface area contributed by atoms with Crippen molar-refractivity contribution in [3.63, 3.8) is 0 Å². The zero-order chi connectivity index (χ0) is 15.5. The molecule has 2 aromatic rings. The van der Waals surface area contributed by atoms with E-state index < -0.39 is 5.60 Å². The number of hydrogen-bond donors (Lipinski definition) is 0. The first-order valence-electron chi connectivity index (χ1n) is 6.67. The molecule has 0 saturated heterocycles. The van der Waals surface area contributed by atoms with E-state index in [1.165, 1.54) is 6.20 Å². The molecule has 0 aliphatic heterocycles. The number of nitrogens with zero attached hydrogens (tertiary/aromatic N) is 2. The van der Waals surface area contributed by atoms with E-state index in [-0.39, 0.29) is 5.97 Å². The van der Waals surface area contributed by atoms with Crippen LogP contribution in [-0.2, 0) is 11.3 Å². The van der Waals surface area contributed by atoms with E-state index in [0.29, 0.717) is 17.7 Å². The Balaban J connectivity index is 2.05. The highest BCUT2D eigenvalue weighted by Gasteiger charge is 2.17. The third-order valence-electron chi connectivity index (χ3n) is 2.72. The van der Waals surface area contributed by atoms with Crippen molar-refractivity contribution in [2.24, 2.45) is 0 Å². The van der Waals surface area contributed by atoms with Gasteiger partial charge >= 0.3 is 5.97 Å². The third kappa shape index (κ3) is 4.27. The molecule has 0 amide bonds. The van der Waals surface area contributed by atoms with E-state index in [0.717, 1.165) is 11.8 Å². The molecule has 1 aromatic carbocycles. The predicted molar refractivity (Wildman–Crippen MR) is 78.3 cm³/mol. The molecular formula is C16H18N2O3. The van der Waals surface area contributed by atoms with Crippen LogP contribution in [0.25, 0.3) is 0 Å². The quantitative estimate of drug-likeness (QED) is 0.640. The first-order chi connectivity index (χ1) is 9.87. The molecule has 5 nitrogen and oxygen atoms in total. The Morgan fingerprint density at radius 1 is 1.29 bits per heavy atom. The van der Waals surface area contributed by atoms with Crippen molar-refractivity contribution < 1.29 is 14.3 Å². The van der Waals surface area contributed by atoms with Crippen molar-refractivity contribution in [1.29, 1.82) is 0 Å². The maximum absolute atomic E-state index is 11.9. The number of aldehydes is 1. The molecule has 0 aliphatic rings. The first-order valence-corrected chi connectivity index (χ1v) is 6.67. The Kier molecular flexibility index (Phi) is 4.21. The van der Waals surface area contributed by atoms with Gasteiger partial charge in [0.05, 0.1) is 23.9 Å². The van der Waals surface area contributed by atoms with Crippen LogP contribution in [0.5, 0.6) is 0 Å². The summed E-state index contributed by atoms with van der Waals surface area (Å²) in [5, 5.41) is 4.08. The van der Waals surface area contributed by atoms with Gasteiger partial charge in [-0.25, -0.2) is 4.79 Å². The highest BCUT2D eigenvalue weighted by atomic mass is 16.6. The van der Waals surface area contributed by atoms with Crippen molar-refractivity contribution >= 4 is 12.3 Å². The monoisotopic (exact) mass is 286 g/mol. The Morgan fingerprint density at radius 3 is 2.48 bits per heavy atom. The lowest BCUT2D eigenvalue weighted by atomic mass is 10.1. The summed E-state index contributed by atoms with van der Waals surface area (Å²) in [7, 11) is 0. The van der Waals surface area contributed by atoms with E-state index in [1.807, 2.05) is 32.9 Å². The van der Waals surface area contributed by atoms with Crippen LogP contribution in [0.3, 0.4) is 0 Å². The standard InChI is InChI=1S/C16H18N2O3/c1-16(2,3)21-15(20)14-6-4-12(5-7-14)9-18-10-13(11-19)8-17-18/h4-8,10-11H,9H2,1-3H3. The first kappa shape index (κ1) is 15.0. The minimum absolute atomic E-state index is 0.337. The van der Waals surface area contributed by atoms with E-state index in [2.05, 4.69) is 5.10 Å². The van der Waals surface area contributed by atoms with E-state index in [4.69, 9.17) is 4.74 Å². The minimum atomic E-state index is -0.504. The number of benzene rings is 1. The topological polar surface area (TPSA) is 61.2 Å². The number of carbonyl (C=O) groups excluding carboxylic acids is 2. The van der Waals surface area contributed by atoms with Crippen LogP contribution < -0.4 is 0 Å². The number of aromatic nitrogens is 2. The average Bonchev–Trinajstić information content (AvgIpc) is 2.85. The molecule has 1 heterocycles. The Hall–Kier alpha value is -2.43. The number of carbonyl (C=O) groups is 2. The van der Waals surface area contributed by atoms with E-state index in [9.17, 15) is 9.59 Å². The largest absolute Gasteiger partial charge is 0.456 e. The number of hydrogen-bond acceptors (Lipinski definition) is 4. The van der Waals surface area contributed by atoms with Crippen molar-refractivity contribution in [3.8, 4) is 0 Å². The van der Waals surface area contributed by atoms with Gasteiger partial charge in [-0.1, -0.05) is 12.1 Å². The number of rotatable bonds is 4.